The number of hydrogen-bond acceptors (Lipinski definition) is 7. The van der Waals surface area contributed by atoms with Crippen LogP contribution in [0, 0.1) is 0 Å². The zero-order chi connectivity index (χ0) is 18.9. The molecule has 0 saturated heterocycles. The zero-order valence-electron chi connectivity index (χ0n) is 16.8. The molecule has 0 unspecified atom stereocenters. The Morgan fingerprint density at radius 3 is 1.12 bits per heavy atom. The Morgan fingerprint density at radius 2 is 0.917 bits per heavy atom. The molecule has 0 rings (SSSR count). The molecule has 0 atom stereocenters. The third kappa shape index (κ3) is 10.9. The maximum Gasteiger partial charge on any atom is 0.679 e. The van der Waals surface area contributed by atoms with Crippen LogP contribution in [0.4, 0.5) is 0 Å². The van der Waals surface area contributed by atoms with E-state index < -0.39 is 17.9 Å². The number of hydrogen-bond donors (Lipinski definition) is 0. The van der Waals surface area contributed by atoms with Crippen LogP contribution in [0.2, 0.25) is 6.04 Å². The molecule has 148 valence electrons. The molecule has 0 bridgehead atoms. The first-order valence-electron chi connectivity index (χ1n) is 8.70. The fourth-order valence-electron chi connectivity index (χ4n) is 1.91. The van der Waals surface area contributed by atoms with Crippen LogP contribution in [0.15, 0.2) is 0 Å². The van der Waals surface area contributed by atoms with Crippen molar-refractivity contribution in [3.05, 3.63) is 0 Å². The van der Waals surface area contributed by atoms with E-state index in [1.165, 1.54) is 0 Å². The topological polar surface area (TPSA) is 64.6 Å². The first kappa shape index (κ1) is 26.4. The van der Waals surface area contributed by atoms with Gasteiger partial charge in [-0.2, -0.15) is 0 Å². The van der Waals surface area contributed by atoms with Crippen molar-refractivity contribution < 1.29 is 31.0 Å². The molecule has 0 aliphatic rings. The maximum atomic E-state index is 5.42. The summed E-state index contributed by atoms with van der Waals surface area (Å²) in [7, 11) is -0.0908. The molecule has 0 aliphatic heterocycles. The van der Waals surface area contributed by atoms with Gasteiger partial charge in [0, 0.05) is 53.8 Å². The Labute approximate surface area is 150 Å². The van der Waals surface area contributed by atoms with Crippen molar-refractivity contribution in [2.75, 3.05) is 47.8 Å². The lowest BCUT2D eigenvalue weighted by molar-refractivity contribution is -0.0247. The summed E-state index contributed by atoms with van der Waals surface area (Å²) in [6.07, 6.45) is 2.24. The highest BCUT2D eigenvalue weighted by molar-refractivity contribution is 6.60. The molecular formula is C15H38O7Si2. The van der Waals surface area contributed by atoms with Crippen LogP contribution in [0.1, 0.15) is 47.5 Å². The van der Waals surface area contributed by atoms with E-state index >= 15 is 0 Å². The van der Waals surface area contributed by atoms with Gasteiger partial charge in [0.2, 0.25) is 0 Å². The highest BCUT2D eigenvalue weighted by Crippen LogP contribution is 2.15. The fourth-order valence-corrected chi connectivity index (χ4v) is 5.72. The molecule has 7 nitrogen and oxygen atoms in total. The predicted octanol–water partition coefficient (Wildman–Crippen LogP) is 3.23. The lowest BCUT2D eigenvalue weighted by Crippen LogP contribution is -2.49. The Bertz CT molecular complexity index is 228. The molecule has 24 heavy (non-hydrogen) atoms. The van der Waals surface area contributed by atoms with Crippen LogP contribution in [-0.4, -0.2) is 65.6 Å². The van der Waals surface area contributed by atoms with Gasteiger partial charge in [-0.15, -0.1) is 0 Å². The molecule has 0 N–H and O–H groups in total. The van der Waals surface area contributed by atoms with Crippen LogP contribution in [0.25, 0.3) is 0 Å². The van der Waals surface area contributed by atoms with Crippen molar-refractivity contribution >= 4 is 17.9 Å². The third-order valence-electron chi connectivity index (χ3n) is 3.05. The predicted molar refractivity (Wildman–Crippen MR) is 98.8 cm³/mol. The molecule has 0 spiro atoms. The van der Waals surface area contributed by atoms with Gasteiger partial charge >= 0.3 is 17.9 Å². The standard InChI is InChI=1S/C8H20O4Si.C7H18O3Si/c1-5-9-13(10-6-2,11-7-3)12-8-4;1-5-6-7-11(8-2,9-3)10-4/h5-8H2,1-4H3;5-7H2,1-4H3. The van der Waals surface area contributed by atoms with Gasteiger partial charge in [-0.3, -0.25) is 0 Å². The number of unbranched alkanes of at least 4 members (excludes halogenated alkanes) is 1. The van der Waals surface area contributed by atoms with Crippen LogP contribution in [-0.2, 0) is 31.0 Å². The van der Waals surface area contributed by atoms with Crippen LogP contribution < -0.4 is 0 Å². The largest absolute Gasteiger partial charge is 0.679 e. The normalized spacial score (nSPS) is 12.0. The average molecular weight is 387 g/mol. The van der Waals surface area contributed by atoms with Crippen LogP contribution in [0.3, 0.4) is 0 Å². The monoisotopic (exact) mass is 386 g/mol. The Hall–Kier alpha value is 0.154. The van der Waals surface area contributed by atoms with E-state index in [0.29, 0.717) is 26.4 Å². The Kier molecular flexibility index (Phi) is 18.3. The average Bonchev–Trinajstić information content (AvgIpc) is 2.58. The molecule has 0 heterocycles. The molecule has 0 aromatic carbocycles. The second-order valence-electron chi connectivity index (χ2n) is 4.63. The smallest absolute Gasteiger partial charge is 0.377 e. The molecule has 0 aromatic heterocycles. The van der Waals surface area contributed by atoms with Gasteiger partial charge in [-0.25, -0.2) is 0 Å². The summed E-state index contributed by atoms with van der Waals surface area (Å²) in [6.45, 7) is 11.9. The van der Waals surface area contributed by atoms with Gasteiger partial charge in [0.25, 0.3) is 0 Å². The first-order valence-corrected chi connectivity index (χ1v) is 12.3. The molecule has 0 aliphatic carbocycles. The van der Waals surface area contributed by atoms with E-state index in [9.17, 15) is 0 Å². The summed E-state index contributed by atoms with van der Waals surface area (Å²) in [5.74, 6) is 0. The summed E-state index contributed by atoms with van der Waals surface area (Å²) in [6, 6.07) is 0.910. The van der Waals surface area contributed by atoms with E-state index in [4.69, 9.17) is 31.0 Å². The zero-order valence-corrected chi connectivity index (χ0v) is 18.8. The fraction of sp³-hybridized carbons (Fsp3) is 1.00. The van der Waals surface area contributed by atoms with Crippen molar-refractivity contribution in [1.29, 1.82) is 0 Å². The van der Waals surface area contributed by atoms with E-state index in [1.54, 1.807) is 21.3 Å². The van der Waals surface area contributed by atoms with E-state index in [-0.39, 0.29) is 0 Å². The minimum Gasteiger partial charge on any atom is -0.377 e. The van der Waals surface area contributed by atoms with Gasteiger partial charge in [-0.1, -0.05) is 13.3 Å². The lowest BCUT2D eigenvalue weighted by Gasteiger charge is -2.26. The minimum absolute atomic E-state index is 0.548. The highest BCUT2D eigenvalue weighted by Gasteiger charge is 2.44. The van der Waals surface area contributed by atoms with Crippen molar-refractivity contribution in [3.63, 3.8) is 0 Å². The summed E-state index contributed by atoms with van der Waals surface area (Å²) in [4.78, 5) is 0. The van der Waals surface area contributed by atoms with Crippen LogP contribution in [0.5, 0.6) is 0 Å². The van der Waals surface area contributed by atoms with Crippen molar-refractivity contribution in [2.45, 2.75) is 53.5 Å². The van der Waals surface area contributed by atoms with E-state index in [2.05, 4.69) is 6.92 Å². The van der Waals surface area contributed by atoms with Gasteiger partial charge < -0.3 is 31.0 Å². The van der Waals surface area contributed by atoms with Crippen molar-refractivity contribution in [3.8, 4) is 0 Å². The third-order valence-corrected chi connectivity index (χ3v) is 8.45. The molecule has 0 aromatic rings. The molecule has 0 radical (unpaired) electrons. The van der Waals surface area contributed by atoms with Gasteiger partial charge in [0.1, 0.15) is 0 Å². The molecule has 0 fully saturated rings. The Morgan fingerprint density at radius 1 is 0.583 bits per heavy atom. The summed E-state index contributed by atoms with van der Waals surface area (Å²) >= 11 is 0. The van der Waals surface area contributed by atoms with Crippen molar-refractivity contribution in [1.82, 2.24) is 0 Å². The van der Waals surface area contributed by atoms with Gasteiger partial charge in [-0.05, 0) is 34.1 Å². The lowest BCUT2D eigenvalue weighted by atomic mass is 10.4. The van der Waals surface area contributed by atoms with E-state index in [0.717, 1.165) is 18.9 Å². The van der Waals surface area contributed by atoms with Crippen LogP contribution >= 0.6 is 0 Å². The number of rotatable bonds is 14. The Balaban J connectivity index is 0. The minimum atomic E-state index is -2.80. The SMILES string of the molecule is CCCC[Si](OC)(OC)OC.CCO[Si](OCC)(OCC)OCC. The quantitative estimate of drug-likeness (QED) is 0.425. The molecular weight excluding hydrogens is 348 g/mol. The highest BCUT2D eigenvalue weighted by atomic mass is 28.4. The summed E-state index contributed by atoms with van der Waals surface area (Å²) in [5.41, 5.74) is 0. The van der Waals surface area contributed by atoms with Gasteiger partial charge in [0.05, 0.1) is 0 Å². The first-order chi connectivity index (χ1) is 11.5. The second kappa shape index (κ2) is 16.6. The molecule has 0 saturated carbocycles. The summed E-state index contributed by atoms with van der Waals surface area (Å²) in [5, 5.41) is 0. The second-order valence-corrected chi connectivity index (χ2v) is 9.88. The maximum absolute atomic E-state index is 5.42. The van der Waals surface area contributed by atoms with E-state index in [1.807, 2.05) is 27.7 Å². The summed E-state index contributed by atoms with van der Waals surface area (Å²) < 4.78 is 37.4. The van der Waals surface area contributed by atoms with Gasteiger partial charge in [0.15, 0.2) is 0 Å². The van der Waals surface area contributed by atoms with Crippen molar-refractivity contribution in [2.24, 2.45) is 0 Å². The molecule has 9 heteroatoms. The molecule has 0 amide bonds.